The minimum atomic E-state index is -0.833. The van der Waals surface area contributed by atoms with Gasteiger partial charge in [-0.05, 0) is 19.9 Å². The lowest BCUT2D eigenvalue weighted by molar-refractivity contribution is 0.132. The highest BCUT2D eigenvalue weighted by molar-refractivity contribution is 5.87. The van der Waals surface area contributed by atoms with E-state index in [4.69, 9.17) is 5.41 Å². The summed E-state index contributed by atoms with van der Waals surface area (Å²) in [5.74, 6) is 0. The van der Waals surface area contributed by atoms with E-state index < -0.39 is 5.60 Å². The molecule has 0 saturated carbocycles. The van der Waals surface area contributed by atoms with Crippen molar-refractivity contribution in [2.75, 3.05) is 13.1 Å². The zero-order chi connectivity index (χ0) is 6.91. The molecule has 0 aromatic carbocycles. The highest BCUT2D eigenvalue weighted by Crippen LogP contribution is 2.14. The lowest BCUT2D eigenvalue weighted by atomic mass is 9.98. The molecule has 3 heteroatoms. The summed E-state index contributed by atoms with van der Waals surface area (Å²) >= 11 is 0. The summed E-state index contributed by atoms with van der Waals surface area (Å²) in [6.07, 6.45) is 0.683. The van der Waals surface area contributed by atoms with E-state index in [-0.39, 0.29) is 0 Å². The molecule has 0 amide bonds. The molecule has 1 aliphatic heterocycles. The van der Waals surface area contributed by atoms with E-state index in [9.17, 15) is 5.11 Å². The molecule has 1 aliphatic rings. The molecule has 3 N–H and O–H groups in total. The molecule has 0 bridgehead atoms. The van der Waals surface area contributed by atoms with Crippen LogP contribution >= 0.6 is 0 Å². The molecule has 1 heterocycles. The fourth-order valence-electron chi connectivity index (χ4n) is 0.999. The fourth-order valence-corrected chi connectivity index (χ4v) is 0.999. The van der Waals surface area contributed by atoms with Gasteiger partial charge in [-0.15, -0.1) is 0 Å². The van der Waals surface area contributed by atoms with Crippen molar-refractivity contribution in [3.05, 3.63) is 0 Å². The van der Waals surface area contributed by atoms with Crippen LogP contribution in [0, 0.1) is 5.41 Å². The van der Waals surface area contributed by atoms with E-state index in [2.05, 4.69) is 5.32 Å². The Hall–Kier alpha value is -0.410. The standard InChI is InChI=1S/C6H12N2O/c1-5(7)6(9)2-3-8-4-6/h7-9H,2-4H2,1H3. The summed E-state index contributed by atoms with van der Waals surface area (Å²) in [4.78, 5) is 0. The van der Waals surface area contributed by atoms with Gasteiger partial charge >= 0.3 is 0 Å². The largest absolute Gasteiger partial charge is 0.383 e. The normalized spacial score (nSPS) is 34.9. The van der Waals surface area contributed by atoms with E-state index in [1.165, 1.54) is 0 Å². The maximum Gasteiger partial charge on any atom is 0.115 e. The molecule has 52 valence electrons. The van der Waals surface area contributed by atoms with Crippen molar-refractivity contribution in [2.24, 2.45) is 0 Å². The molecule has 0 spiro atoms. The van der Waals surface area contributed by atoms with Crippen LogP contribution in [0.3, 0.4) is 0 Å². The summed E-state index contributed by atoms with van der Waals surface area (Å²) < 4.78 is 0. The third-order valence-electron chi connectivity index (χ3n) is 1.83. The van der Waals surface area contributed by atoms with Crippen molar-refractivity contribution in [1.29, 1.82) is 5.41 Å². The fraction of sp³-hybridized carbons (Fsp3) is 0.833. The molecule has 1 unspecified atom stereocenters. The summed E-state index contributed by atoms with van der Waals surface area (Å²) in [7, 11) is 0. The second-order valence-corrected chi connectivity index (χ2v) is 2.58. The van der Waals surface area contributed by atoms with Crippen molar-refractivity contribution in [2.45, 2.75) is 18.9 Å². The molecule has 1 rings (SSSR count). The number of rotatable bonds is 1. The van der Waals surface area contributed by atoms with Gasteiger partial charge in [0.2, 0.25) is 0 Å². The Kier molecular flexibility index (Phi) is 1.55. The first kappa shape index (κ1) is 6.71. The van der Waals surface area contributed by atoms with E-state index in [0.29, 0.717) is 18.7 Å². The topological polar surface area (TPSA) is 56.1 Å². The van der Waals surface area contributed by atoms with Gasteiger partial charge in [-0.25, -0.2) is 0 Å². The summed E-state index contributed by atoms with van der Waals surface area (Å²) in [5.41, 5.74) is -0.465. The Morgan fingerprint density at radius 3 is 2.67 bits per heavy atom. The maximum atomic E-state index is 9.48. The van der Waals surface area contributed by atoms with Gasteiger partial charge in [-0.2, -0.15) is 0 Å². The number of hydrogen-bond acceptors (Lipinski definition) is 3. The highest BCUT2D eigenvalue weighted by Gasteiger charge is 2.32. The van der Waals surface area contributed by atoms with Crippen molar-refractivity contribution in [3.63, 3.8) is 0 Å². The molecule has 0 aromatic heterocycles. The van der Waals surface area contributed by atoms with Crippen molar-refractivity contribution in [3.8, 4) is 0 Å². The van der Waals surface area contributed by atoms with Gasteiger partial charge in [0, 0.05) is 12.3 Å². The van der Waals surface area contributed by atoms with Crippen LogP contribution in [0.15, 0.2) is 0 Å². The molecule has 9 heavy (non-hydrogen) atoms. The second kappa shape index (κ2) is 2.08. The van der Waals surface area contributed by atoms with Crippen molar-refractivity contribution >= 4 is 5.71 Å². The summed E-state index contributed by atoms with van der Waals surface area (Å²) in [5, 5.41) is 19.7. The summed E-state index contributed by atoms with van der Waals surface area (Å²) in [6.45, 7) is 3.02. The number of hydrogen-bond donors (Lipinski definition) is 3. The lowest BCUT2D eigenvalue weighted by Gasteiger charge is -2.18. The van der Waals surface area contributed by atoms with Crippen LogP contribution in [0.2, 0.25) is 0 Å². The monoisotopic (exact) mass is 128 g/mol. The third kappa shape index (κ3) is 1.11. The van der Waals surface area contributed by atoms with Gasteiger partial charge in [0.25, 0.3) is 0 Å². The smallest absolute Gasteiger partial charge is 0.115 e. The summed E-state index contributed by atoms with van der Waals surface area (Å²) in [6, 6.07) is 0. The van der Waals surface area contributed by atoms with Gasteiger partial charge in [-0.3, -0.25) is 0 Å². The average Bonchev–Trinajstić information content (AvgIpc) is 2.16. The Morgan fingerprint density at radius 2 is 2.44 bits per heavy atom. The van der Waals surface area contributed by atoms with E-state index >= 15 is 0 Å². The van der Waals surface area contributed by atoms with Crippen LogP contribution in [-0.4, -0.2) is 29.5 Å². The Bertz CT molecular complexity index is 127. The van der Waals surface area contributed by atoms with Gasteiger partial charge in [0.1, 0.15) is 5.60 Å². The zero-order valence-electron chi connectivity index (χ0n) is 5.57. The first-order chi connectivity index (χ1) is 4.15. The van der Waals surface area contributed by atoms with Gasteiger partial charge in [0.15, 0.2) is 0 Å². The van der Waals surface area contributed by atoms with E-state index in [0.717, 1.165) is 6.54 Å². The minimum absolute atomic E-state index is 0.368. The van der Waals surface area contributed by atoms with Crippen LogP contribution in [0.4, 0.5) is 0 Å². The van der Waals surface area contributed by atoms with Crippen molar-refractivity contribution < 1.29 is 5.11 Å². The zero-order valence-corrected chi connectivity index (χ0v) is 5.57. The van der Waals surface area contributed by atoms with E-state index in [1.54, 1.807) is 6.92 Å². The van der Waals surface area contributed by atoms with Gasteiger partial charge < -0.3 is 15.8 Å². The van der Waals surface area contributed by atoms with E-state index in [1.807, 2.05) is 0 Å². The molecule has 0 radical (unpaired) electrons. The SMILES string of the molecule is CC(=N)C1(O)CCNC1. The molecule has 3 nitrogen and oxygen atoms in total. The predicted molar refractivity (Wildman–Crippen MR) is 35.8 cm³/mol. The highest BCUT2D eigenvalue weighted by atomic mass is 16.3. The molecule has 1 atom stereocenters. The Morgan fingerprint density at radius 1 is 1.78 bits per heavy atom. The molecule has 0 aromatic rings. The van der Waals surface area contributed by atoms with Crippen LogP contribution in [0.1, 0.15) is 13.3 Å². The lowest BCUT2D eigenvalue weighted by Crippen LogP contribution is -2.38. The molecular weight excluding hydrogens is 116 g/mol. The number of nitrogens with one attached hydrogen (secondary N) is 2. The first-order valence-electron chi connectivity index (χ1n) is 3.14. The third-order valence-corrected chi connectivity index (χ3v) is 1.83. The average molecular weight is 128 g/mol. The van der Waals surface area contributed by atoms with Crippen LogP contribution in [-0.2, 0) is 0 Å². The molecule has 0 aliphatic carbocycles. The number of β-amino-alcohol motifs (C(OH)–C–C–N with tert-alkyl or cyclic N) is 1. The number of aliphatic hydroxyl groups is 1. The quantitative estimate of drug-likeness (QED) is 0.426. The van der Waals surface area contributed by atoms with Crippen LogP contribution < -0.4 is 5.32 Å². The Balaban J connectivity index is 2.61. The predicted octanol–water partition coefficient (Wildman–Crippen LogP) is -0.250. The molecule has 1 saturated heterocycles. The molecule has 1 fully saturated rings. The second-order valence-electron chi connectivity index (χ2n) is 2.58. The Labute approximate surface area is 54.6 Å². The minimum Gasteiger partial charge on any atom is -0.383 e. The van der Waals surface area contributed by atoms with Crippen LogP contribution in [0.25, 0.3) is 0 Å². The first-order valence-corrected chi connectivity index (χ1v) is 3.14. The maximum absolute atomic E-state index is 9.48. The van der Waals surface area contributed by atoms with Crippen LogP contribution in [0.5, 0.6) is 0 Å². The molecular formula is C6H12N2O. The van der Waals surface area contributed by atoms with Crippen molar-refractivity contribution in [1.82, 2.24) is 5.32 Å². The van der Waals surface area contributed by atoms with Gasteiger partial charge in [-0.1, -0.05) is 0 Å². The van der Waals surface area contributed by atoms with Gasteiger partial charge in [0.05, 0.1) is 0 Å².